The molecule has 1 N–H and O–H groups in total. The molecule has 1 aromatic rings. The Hall–Kier alpha value is -1.33. The molecule has 0 aromatic carbocycles. The Balaban J connectivity index is 2.13. The average molecular weight is 241 g/mol. The first-order valence-electron chi connectivity index (χ1n) is 5.69. The predicted octanol–water partition coefficient (Wildman–Crippen LogP) is 0.679. The molecular weight excluding hydrogens is 222 g/mol. The van der Waals surface area contributed by atoms with Crippen LogP contribution in [-0.4, -0.2) is 49.3 Å². The van der Waals surface area contributed by atoms with E-state index in [1.54, 1.807) is 18.2 Å². The molecule has 1 aromatic heterocycles. The van der Waals surface area contributed by atoms with Gasteiger partial charge in [0, 0.05) is 26.4 Å². The summed E-state index contributed by atoms with van der Waals surface area (Å²) in [6.07, 6.45) is 2.66. The normalized spacial score (nSPS) is 10.5. The molecule has 17 heavy (non-hydrogen) atoms. The summed E-state index contributed by atoms with van der Waals surface area (Å²) in [7, 11) is 1.74. The summed E-state index contributed by atoms with van der Waals surface area (Å²) in [6, 6.07) is 3.67. The number of likely N-dealkylation sites (N-methyl/N-ethyl adjacent to an activating group) is 1. The van der Waals surface area contributed by atoms with Crippen LogP contribution in [0.25, 0.3) is 0 Å². The van der Waals surface area contributed by atoms with Gasteiger partial charge >= 0.3 is 0 Å². The van der Waals surface area contributed by atoms with Crippen molar-refractivity contribution in [1.82, 2.24) is 4.90 Å². The van der Waals surface area contributed by atoms with E-state index < -0.39 is 0 Å². The largest absolute Gasteiger partial charge is 0.469 e. The van der Waals surface area contributed by atoms with Gasteiger partial charge in [0.15, 0.2) is 0 Å². The molecule has 96 valence electrons. The van der Waals surface area contributed by atoms with Gasteiger partial charge < -0.3 is 19.2 Å². The van der Waals surface area contributed by atoms with Crippen LogP contribution in [0.3, 0.4) is 0 Å². The van der Waals surface area contributed by atoms with Crippen molar-refractivity contribution < 1.29 is 19.1 Å². The number of amides is 1. The van der Waals surface area contributed by atoms with Crippen LogP contribution >= 0.6 is 0 Å². The Labute approximate surface area is 101 Å². The quantitative estimate of drug-likeness (QED) is 0.680. The lowest BCUT2D eigenvalue weighted by atomic mass is 10.2. The Kier molecular flexibility index (Phi) is 6.35. The zero-order chi connectivity index (χ0) is 12.5. The van der Waals surface area contributed by atoms with Crippen LogP contribution in [0, 0.1) is 0 Å². The second-order valence-corrected chi connectivity index (χ2v) is 3.73. The Morgan fingerprint density at radius 3 is 3.00 bits per heavy atom. The van der Waals surface area contributed by atoms with Crippen molar-refractivity contribution in [2.45, 2.75) is 12.8 Å². The summed E-state index contributed by atoms with van der Waals surface area (Å²) in [5.74, 6) is 0.886. The molecule has 0 aliphatic carbocycles. The van der Waals surface area contributed by atoms with E-state index in [4.69, 9.17) is 14.3 Å². The molecule has 0 spiro atoms. The SMILES string of the molecule is CN(CCOCCO)C(=O)CCc1ccco1. The van der Waals surface area contributed by atoms with Crippen LogP contribution in [0.1, 0.15) is 12.2 Å². The second kappa shape index (κ2) is 7.86. The van der Waals surface area contributed by atoms with Crippen molar-refractivity contribution in [1.29, 1.82) is 0 Å². The number of aliphatic hydroxyl groups excluding tert-OH is 1. The van der Waals surface area contributed by atoms with Gasteiger partial charge in [-0.3, -0.25) is 4.79 Å². The molecule has 0 saturated heterocycles. The number of hydrogen-bond acceptors (Lipinski definition) is 4. The van der Waals surface area contributed by atoms with Gasteiger partial charge in [0.1, 0.15) is 5.76 Å². The zero-order valence-corrected chi connectivity index (χ0v) is 10.1. The smallest absolute Gasteiger partial charge is 0.222 e. The molecule has 0 aliphatic rings. The first-order chi connectivity index (χ1) is 8.24. The summed E-state index contributed by atoms with van der Waals surface area (Å²) >= 11 is 0. The Morgan fingerprint density at radius 2 is 2.35 bits per heavy atom. The number of hydrogen-bond donors (Lipinski definition) is 1. The molecule has 1 amide bonds. The third-order valence-electron chi connectivity index (χ3n) is 2.40. The van der Waals surface area contributed by atoms with Crippen LogP contribution < -0.4 is 0 Å². The van der Waals surface area contributed by atoms with Crippen LogP contribution in [-0.2, 0) is 16.0 Å². The Bertz CT molecular complexity index is 310. The van der Waals surface area contributed by atoms with Crippen LogP contribution in [0.5, 0.6) is 0 Å². The number of carbonyl (C=O) groups excluding carboxylic acids is 1. The molecule has 1 rings (SSSR count). The fraction of sp³-hybridized carbons (Fsp3) is 0.583. The van der Waals surface area contributed by atoms with Gasteiger partial charge in [0.2, 0.25) is 5.91 Å². The van der Waals surface area contributed by atoms with Gasteiger partial charge in [-0.1, -0.05) is 0 Å². The van der Waals surface area contributed by atoms with E-state index in [1.807, 2.05) is 12.1 Å². The van der Waals surface area contributed by atoms with Crippen LogP contribution in [0.15, 0.2) is 22.8 Å². The summed E-state index contributed by atoms with van der Waals surface area (Å²) < 4.78 is 10.2. The van der Waals surface area contributed by atoms with Crippen molar-refractivity contribution in [2.75, 3.05) is 33.4 Å². The van der Waals surface area contributed by atoms with E-state index >= 15 is 0 Å². The topological polar surface area (TPSA) is 62.9 Å². The fourth-order valence-electron chi connectivity index (χ4n) is 1.37. The van der Waals surface area contributed by atoms with E-state index in [0.717, 1.165) is 5.76 Å². The maximum Gasteiger partial charge on any atom is 0.222 e. The van der Waals surface area contributed by atoms with Crippen molar-refractivity contribution in [2.24, 2.45) is 0 Å². The zero-order valence-electron chi connectivity index (χ0n) is 10.1. The van der Waals surface area contributed by atoms with Gasteiger partial charge in [0.05, 0.1) is 26.1 Å². The molecule has 0 fully saturated rings. The van der Waals surface area contributed by atoms with Gasteiger partial charge in [-0.05, 0) is 12.1 Å². The summed E-state index contributed by atoms with van der Waals surface area (Å²) in [5.41, 5.74) is 0. The molecule has 0 unspecified atom stereocenters. The maximum absolute atomic E-state index is 11.7. The van der Waals surface area contributed by atoms with Crippen molar-refractivity contribution in [3.63, 3.8) is 0 Å². The van der Waals surface area contributed by atoms with Crippen molar-refractivity contribution in [3.05, 3.63) is 24.2 Å². The lowest BCUT2D eigenvalue weighted by molar-refractivity contribution is -0.130. The van der Waals surface area contributed by atoms with Gasteiger partial charge in [0.25, 0.3) is 0 Å². The van der Waals surface area contributed by atoms with E-state index in [2.05, 4.69) is 0 Å². The number of rotatable bonds is 8. The highest BCUT2D eigenvalue weighted by Gasteiger charge is 2.09. The summed E-state index contributed by atoms with van der Waals surface area (Å²) in [5, 5.41) is 8.51. The van der Waals surface area contributed by atoms with E-state index in [0.29, 0.717) is 32.6 Å². The minimum absolute atomic E-state index is 0.0101. The number of aryl methyl sites for hydroxylation is 1. The van der Waals surface area contributed by atoms with E-state index in [9.17, 15) is 4.79 Å². The summed E-state index contributed by atoms with van der Waals surface area (Å²) in [6.45, 7) is 1.31. The van der Waals surface area contributed by atoms with Crippen molar-refractivity contribution >= 4 is 5.91 Å². The first kappa shape index (κ1) is 13.7. The highest BCUT2D eigenvalue weighted by molar-refractivity contribution is 5.76. The first-order valence-corrected chi connectivity index (χ1v) is 5.69. The molecule has 5 heteroatoms. The number of aliphatic hydroxyl groups is 1. The summed E-state index contributed by atoms with van der Waals surface area (Å²) in [4.78, 5) is 13.3. The number of ether oxygens (including phenoxy) is 1. The monoisotopic (exact) mass is 241 g/mol. The molecule has 1 heterocycles. The fourth-order valence-corrected chi connectivity index (χ4v) is 1.37. The molecule has 0 radical (unpaired) electrons. The lowest BCUT2D eigenvalue weighted by Gasteiger charge is -2.16. The minimum atomic E-state index is 0.0101. The highest BCUT2D eigenvalue weighted by Crippen LogP contribution is 2.04. The number of carbonyl (C=O) groups is 1. The van der Waals surface area contributed by atoms with Gasteiger partial charge in [-0.2, -0.15) is 0 Å². The molecule has 5 nitrogen and oxygen atoms in total. The lowest BCUT2D eigenvalue weighted by Crippen LogP contribution is -2.30. The van der Waals surface area contributed by atoms with Gasteiger partial charge in [-0.25, -0.2) is 0 Å². The van der Waals surface area contributed by atoms with Crippen LogP contribution in [0.2, 0.25) is 0 Å². The maximum atomic E-state index is 11.7. The highest BCUT2D eigenvalue weighted by atomic mass is 16.5. The van der Waals surface area contributed by atoms with E-state index in [-0.39, 0.29) is 12.5 Å². The molecule has 0 saturated carbocycles. The minimum Gasteiger partial charge on any atom is -0.469 e. The third kappa shape index (κ3) is 5.51. The molecule has 0 atom stereocenters. The second-order valence-electron chi connectivity index (χ2n) is 3.73. The molecular formula is C12H19NO4. The van der Waals surface area contributed by atoms with Gasteiger partial charge in [-0.15, -0.1) is 0 Å². The number of nitrogens with zero attached hydrogens (tertiary/aromatic N) is 1. The molecule has 0 bridgehead atoms. The number of furan rings is 1. The Morgan fingerprint density at radius 1 is 1.53 bits per heavy atom. The third-order valence-corrected chi connectivity index (χ3v) is 2.40. The predicted molar refractivity (Wildman–Crippen MR) is 62.6 cm³/mol. The average Bonchev–Trinajstić information content (AvgIpc) is 2.84. The standard InChI is InChI=1S/C12H19NO4/c1-13(6-9-16-10-7-14)12(15)5-4-11-3-2-8-17-11/h2-3,8,14H,4-7,9-10H2,1H3. The molecule has 0 aliphatic heterocycles. The van der Waals surface area contributed by atoms with Crippen LogP contribution in [0.4, 0.5) is 0 Å². The van der Waals surface area contributed by atoms with Crippen molar-refractivity contribution in [3.8, 4) is 0 Å². The van der Waals surface area contributed by atoms with E-state index in [1.165, 1.54) is 0 Å².